The highest BCUT2D eigenvalue weighted by Crippen LogP contribution is 2.37. The zero-order chi connectivity index (χ0) is 16.1. The number of nitrogens with zero attached hydrogens (tertiary/aromatic N) is 1. The lowest BCUT2D eigenvalue weighted by Crippen LogP contribution is -2.45. The van der Waals surface area contributed by atoms with Crippen LogP contribution in [-0.2, 0) is 9.47 Å². The minimum Gasteiger partial charge on any atom is -0.497 e. The molecule has 2 aliphatic rings. The molecule has 0 bridgehead atoms. The standard InChI is InChI=1S/C18H28N2O3/c1-21-11-10-20-8-6-18(7-9-20)13-16(14-23-18)19-15-4-3-5-17(12-15)22-2/h3-5,12,16,19H,6-11,13-14H2,1-2H3. The summed E-state index contributed by atoms with van der Waals surface area (Å²) in [6.45, 7) is 4.84. The van der Waals surface area contributed by atoms with Gasteiger partial charge in [-0.05, 0) is 31.4 Å². The van der Waals surface area contributed by atoms with Crippen molar-refractivity contribution in [2.24, 2.45) is 0 Å². The largest absolute Gasteiger partial charge is 0.497 e. The molecule has 1 aromatic rings. The van der Waals surface area contributed by atoms with Gasteiger partial charge in [-0.3, -0.25) is 0 Å². The molecule has 0 aromatic heterocycles. The van der Waals surface area contributed by atoms with Crippen LogP contribution in [0, 0.1) is 0 Å². The van der Waals surface area contributed by atoms with Gasteiger partial charge >= 0.3 is 0 Å². The van der Waals surface area contributed by atoms with Crippen molar-refractivity contribution in [3.05, 3.63) is 24.3 Å². The van der Waals surface area contributed by atoms with Crippen molar-refractivity contribution in [1.29, 1.82) is 0 Å². The maximum Gasteiger partial charge on any atom is 0.120 e. The van der Waals surface area contributed by atoms with Crippen molar-refractivity contribution in [2.75, 3.05) is 52.4 Å². The Balaban J connectivity index is 1.50. The highest BCUT2D eigenvalue weighted by Gasteiger charge is 2.42. The van der Waals surface area contributed by atoms with Gasteiger partial charge in [0.05, 0.1) is 32.0 Å². The van der Waals surface area contributed by atoms with Gasteiger partial charge in [0.25, 0.3) is 0 Å². The van der Waals surface area contributed by atoms with Gasteiger partial charge in [-0.15, -0.1) is 0 Å². The topological polar surface area (TPSA) is 43.0 Å². The van der Waals surface area contributed by atoms with Gasteiger partial charge in [0.1, 0.15) is 5.75 Å². The molecule has 5 heteroatoms. The number of piperidine rings is 1. The van der Waals surface area contributed by atoms with Crippen LogP contribution in [0.4, 0.5) is 5.69 Å². The fourth-order valence-corrected chi connectivity index (χ4v) is 3.64. The summed E-state index contributed by atoms with van der Waals surface area (Å²) < 4.78 is 16.7. The van der Waals surface area contributed by atoms with E-state index < -0.39 is 0 Å². The smallest absolute Gasteiger partial charge is 0.120 e. The molecule has 3 rings (SSSR count). The molecular formula is C18H28N2O3. The summed E-state index contributed by atoms with van der Waals surface area (Å²) >= 11 is 0. The lowest BCUT2D eigenvalue weighted by atomic mass is 9.87. The van der Waals surface area contributed by atoms with Crippen molar-refractivity contribution in [3.8, 4) is 5.75 Å². The summed E-state index contributed by atoms with van der Waals surface area (Å²) in [6.07, 6.45) is 3.32. The minimum absolute atomic E-state index is 0.0695. The number of ether oxygens (including phenoxy) is 3. The predicted molar refractivity (Wildman–Crippen MR) is 91.3 cm³/mol. The molecule has 2 heterocycles. The second-order valence-corrected chi connectivity index (χ2v) is 6.61. The van der Waals surface area contributed by atoms with Crippen molar-refractivity contribution >= 4 is 5.69 Å². The van der Waals surface area contributed by atoms with Crippen LogP contribution in [0.2, 0.25) is 0 Å². The van der Waals surface area contributed by atoms with Crippen LogP contribution >= 0.6 is 0 Å². The zero-order valence-corrected chi connectivity index (χ0v) is 14.2. The molecule has 1 N–H and O–H groups in total. The number of rotatable bonds is 6. The van der Waals surface area contributed by atoms with E-state index in [1.807, 2.05) is 18.2 Å². The summed E-state index contributed by atoms with van der Waals surface area (Å²) in [4.78, 5) is 2.47. The Labute approximate surface area is 138 Å². The van der Waals surface area contributed by atoms with E-state index in [9.17, 15) is 0 Å². The number of benzene rings is 1. The summed E-state index contributed by atoms with van der Waals surface area (Å²) in [7, 11) is 3.46. The number of hydrogen-bond donors (Lipinski definition) is 1. The molecule has 0 aliphatic carbocycles. The maximum absolute atomic E-state index is 6.22. The van der Waals surface area contributed by atoms with Gasteiger partial charge in [0.15, 0.2) is 0 Å². The third kappa shape index (κ3) is 4.16. The molecule has 0 radical (unpaired) electrons. The van der Waals surface area contributed by atoms with Gasteiger partial charge in [-0.2, -0.15) is 0 Å². The predicted octanol–water partition coefficient (Wildman–Crippen LogP) is 2.38. The van der Waals surface area contributed by atoms with Crippen molar-refractivity contribution in [1.82, 2.24) is 4.90 Å². The first-order valence-electron chi connectivity index (χ1n) is 8.49. The van der Waals surface area contributed by atoms with Gasteiger partial charge in [-0.25, -0.2) is 0 Å². The number of hydrogen-bond acceptors (Lipinski definition) is 5. The first-order valence-corrected chi connectivity index (χ1v) is 8.49. The molecule has 1 unspecified atom stereocenters. The highest BCUT2D eigenvalue weighted by molar-refractivity contribution is 5.49. The Morgan fingerprint density at radius 2 is 2.13 bits per heavy atom. The Morgan fingerprint density at radius 3 is 2.87 bits per heavy atom. The van der Waals surface area contributed by atoms with Gasteiger partial charge in [-0.1, -0.05) is 6.07 Å². The lowest BCUT2D eigenvalue weighted by molar-refractivity contribution is -0.0459. The average Bonchev–Trinajstić information content (AvgIpc) is 2.97. The number of anilines is 1. The Bertz CT molecular complexity index is 501. The zero-order valence-electron chi connectivity index (χ0n) is 14.2. The molecule has 2 aliphatic heterocycles. The molecule has 1 aromatic carbocycles. The first kappa shape index (κ1) is 16.6. The Kier molecular flexibility index (Phi) is 5.41. The van der Waals surface area contributed by atoms with E-state index in [0.29, 0.717) is 6.04 Å². The number of methoxy groups -OCH3 is 2. The summed E-state index contributed by atoms with van der Waals surface area (Å²) in [5.74, 6) is 0.884. The SMILES string of the molecule is COCCN1CCC2(CC1)CC(Nc1cccc(OC)c1)CO2. The van der Waals surface area contributed by atoms with Crippen LogP contribution in [0.25, 0.3) is 0 Å². The van der Waals surface area contributed by atoms with E-state index in [1.165, 1.54) is 0 Å². The van der Waals surface area contributed by atoms with Gasteiger partial charge < -0.3 is 24.4 Å². The molecule has 1 spiro atoms. The van der Waals surface area contributed by atoms with E-state index in [4.69, 9.17) is 14.2 Å². The van der Waals surface area contributed by atoms with Crippen LogP contribution < -0.4 is 10.1 Å². The normalized spacial score (nSPS) is 24.0. The molecule has 0 saturated carbocycles. The molecule has 2 fully saturated rings. The highest BCUT2D eigenvalue weighted by atomic mass is 16.5. The van der Waals surface area contributed by atoms with Crippen LogP contribution in [0.5, 0.6) is 5.75 Å². The van der Waals surface area contributed by atoms with E-state index >= 15 is 0 Å². The van der Waals surface area contributed by atoms with Crippen molar-refractivity contribution < 1.29 is 14.2 Å². The van der Waals surface area contributed by atoms with Crippen LogP contribution in [0.3, 0.4) is 0 Å². The third-order valence-electron chi connectivity index (χ3n) is 5.03. The third-order valence-corrected chi connectivity index (χ3v) is 5.03. The molecule has 5 nitrogen and oxygen atoms in total. The van der Waals surface area contributed by atoms with E-state index in [-0.39, 0.29) is 5.60 Å². The quantitative estimate of drug-likeness (QED) is 0.872. The van der Waals surface area contributed by atoms with E-state index in [1.54, 1.807) is 14.2 Å². The average molecular weight is 320 g/mol. The molecule has 128 valence electrons. The molecule has 2 saturated heterocycles. The molecule has 1 atom stereocenters. The fourth-order valence-electron chi connectivity index (χ4n) is 3.64. The monoisotopic (exact) mass is 320 g/mol. The van der Waals surface area contributed by atoms with Crippen molar-refractivity contribution in [2.45, 2.75) is 30.9 Å². The van der Waals surface area contributed by atoms with Crippen molar-refractivity contribution in [3.63, 3.8) is 0 Å². The summed E-state index contributed by atoms with van der Waals surface area (Å²) in [6, 6.07) is 8.49. The minimum atomic E-state index is 0.0695. The Hall–Kier alpha value is -1.30. The summed E-state index contributed by atoms with van der Waals surface area (Å²) in [5, 5.41) is 3.59. The van der Waals surface area contributed by atoms with Crippen LogP contribution in [0.1, 0.15) is 19.3 Å². The Morgan fingerprint density at radius 1 is 1.30 bits per heavy atom. The number of nitrogens with one attached hydrogen (secondary N) is 1. The lowest BCUT2D eigenvalue weighted by Gasteiger charge is -2.38. The molecular weight excluding hydrogens is 292 g/mol. The van der Waals surface area contributed by atoms with Gasteiger partial charge in [0.2, 0.25) is 0 Å². The van der Waals surface area contributed by atoms with Crippen LogP contribution in [0.15, 0.2) is 24.3 Å². The fraction of sp³-hybridized carbons (Fsp3) is 0.667. The second kappa shape index (κ2) is 7.51. The summed E-state index contributed by atoms with van der Waals surface area (Å²) in [5.41, 5.74) is 1.17. The van der Waals surface area contributed by atoms with Crippen LogP contribution in [-0.4, -0.2) is 63.6 Å². The molecule has 0 amide bonds. The number of likely N-dealkylation sites (tertiary alicyclic amines) is 1. The maximum atomic E-state index is 6.22. The van der Waals surface area contributed by atoms with E-state index in [0.717, 1.165) is 63.5 Å². The first-order chi connectivity index (χ1) is 11.2. The molecule has 23 heavy (non-hydrogen) atoms. The van der Waals surface area contributed by atoms with E-state index in [2.05, 4.69) is 16.3 Å². The van der Waals surface area contributed by atoms with Gasteiger partial charge in [0, 0.05) is 38.5 Å². The second-order valence-electron chi connectivity index (χ2n) is 6.61.